The van der Waals surface area contributed by atoms with Crippen molar-refractivity contribution >= 4 is 0 Å². The molecule has 15 heavy (non-hydrogen) atoms. The fourth-order valence-corrected chi connectivity index (χ4v) is 2.57. The van der Waals surface area contributed by atoms with Crippen LogP contribution in [-0.4, -0.2) is 16.1 Å². The molecular weight excluding hydrogens is 186 g/mol. The zero-order chi connectivity index (χ0) is 10.8. The molecule has 0 radical (unpaired) electrons. The Morgan fingerprint density at radius 1 is 1.60 bits per heavy atom. The Morgan fingerprint density at radius 2 is 2.40 bits per heavy atom. The summed E-state index contributed by atoms with van der Waals surface area (Å²) in [5.41, 5.74) is 7.07. The lowest BCUT2D eigenvalue weighted by Gasteiger charge is -2.25. The Kier molecular flexibility index (Phi) is 3.10. The molecule has 2 N–H and O–H groups in total. The zero-order valence-corrected chi connectivity index (χ0v) is 9.74. The van der Waals surface area contributed by atoms with Gasteiger partial charge in [-0.3, -0.25) is 0 Å². The van der Waals surface area contributed by atoms with Crippen molar-refractivity contribution in [2.24, 2.45) is 5.73 Å². The highest BCUT2D eigenvalue weighted by molar-refractivity contribution is 5.15. The van der Waals surface area contributed by atoms with Crippen LogP contribution in [0.3, 0.4) is 0 Å². The number of hydrogen-bond acceptors (Lipinski definition) is 2. The van der Waals surface area contributed by atoms with E-state index >= 15 is 0 Å². The van der Waals surface area contributed by atoms with Crippen LogP contribution in [0.15, 0.2) is 6.20 Å². The van der Waals surface area contributed by atoms with Crippen LogP contribution in [-0.2, 0) is 6.54 Å². The quantitative estimate of drug-likeness (QED) is 0.826. The zero-order valence-electron chi connectivity index (χ0n) is 9.74. The molecule has 1 atom stereocenters. The first kappa shape index (κ1) is 10.7. The molecule has 2 rings (SSSR count). The molecule has 2 heterocycles. The van der Waals surface area contributed by atoms with E-state index in [4.69, 9.17) is 5.73 Å². The Hall–Kier alpha value is -0.830. The van der Waals surface area contributed by atoms with Crippen molar-refractivity contribution in [2.75, 3.05) is 6.54 Å². The third-order valence-corrected chi connectivity index (χ3v) is 3.30. The van der Waals surface area contributed by atoms with Gasteiger partial charge in [0.2, 0.25) is 0 Å². The van der Waals surface area contributed by atoms with Gasteiger partial charge < -0.3 is 10.3 Å². The van der Waals surface area contributed by atoms with E-state index in [1.165, 1.54) is 24.4 Å². The lowest BCUT2D eigenvalue weighted by molar-refractivity contribution is 0.426. The van der Waals surface area contributed by atoms with Gasteiger partial charge in [-0.05, 0) is 25.8 Å². The molecule has 0 aliphatic carbocycles. The minimum atomic E-state index is 0.523. The summed E-state index contributed by atoms with van der Waals surface area (Å²) in [6, 6.07) is 0. The van der Waals surface area contributed by atoms with E-state index in [2.05, 4.69) is 29.6 Å². The van der Waals surface area contributed by atoms with Gasteiger partial charge >= 0.3 is 0 Å². The van der Waals surface area contributed by atoms with Crippen LogP contribution in [0, 0.1) is 0 Å². The molecule has 1 aromatic heterocycles. The SMILES string of the molecule is CC(C)c1ncc2n1CCCC2CCN. The number of nitrogens with zero attached hydrogens (tertiary/aromatic N) is 2. The molecule has 0 fully saturated rings. The van der Waals surface area contributed by atoms with Gasteiger partial charge in [-0.1, -0.05) is 13.8 Å². The largest absolute Gasteiger partial charge is 0.332 e. The molecule has 0 aromatic carbocycles. The highest BCUT2D eigenvalue weighted by Gasteiger charge is 2.23. The third kappa shape index (κ3) is 1.93. The fourth-order valence-electron chi connectivity index (χ4n) is 2.57. The fraction of sp³-hybridized carbons (Fsp3) is 0.750. The van der Waals surface area contributed by atoms with Crippen LogP contribution < -0.4 is 5.73 Å². The highest BCUT2D eigenvalue weighted by Crippen LogP contribution is 2.32. The van der Waals surface area contributed by atoms with Gasteiger partial charge in [0, 0.05) is 30.3 Å². The van der Waals surface area contributed by atoms with Gasteiger partial charge in [-0.15, -0.1) is 0 Å². The molecule has 3 nitrogen and oxygen atoms in total. The van der Waals surface area contributed by atoms with Gasteiger partial charge in [0.15, 0.2) is 0 Å². The lowest BCUT2D eigenvalue weighted by Crippen LogP contribution is -2.19. The van der Waals surface area contributed by atoms with Crippen molar-refractivity contribution in [2.45, 2.75) is 51.5 Å². The number of imidazole rings is 1. The summed E-state index contributed by atoms with van der Waals surface area (Å²) in [6.45, 7) is 6.35. The van der Waals surface area contributed by atoms with Crippen LogP contribution in [0.25, 0.3) is 0 Å². The summed E-state index contributed by atoms with van der Waals surface area (Å²) in [7, 11) is 0. The maximum Gasteiger partial charge on any atom is 0.111 e. The van der Waals surface area contributed by atoms with Crippen molar-refractivity contribution in [1.82, 2.24) is 9.55 Å². The van der Waals surface area contributed by atoms with Crippen LogP contribution in [0.5, 0.6) is 0 Å². The van der Waals surface area contributed by atoms with E-state index < -0.39 is 0 Å². The highest BCUT2D eigenvalue weighted by atomic mass is 15.1. The Labute approximate surface area is 91.7 Å². The maximum absolute atomic E-state index is 5.65. The molecule has 0 bridgehead atoms. The third-order valence-electron chi connectivity index (χ3n) is 3.30. The molecule has 3 heteroatoms. The molecule has 0 saturated heterocycles. The Morgan fingerprint density at radius 3 is 3.07 bits per heavy atom. The van der Waals surface area contributed by atoms with Crippen LogP contribution >= 0.6 is 0 Å². The maximum atomic E-state index is 5.65. The van der Waals surface area contributed by atoms with Gasteiger partial charge in [0.1, 0.15) is 5.82 Å². The molecule has 0 saturated carbocycles. The normalized spacial score (nSPS) is 20.7. The molecule has 1 aromatic rings. The minimum absolute atomic E-state index is 0.523. The van der Waals surface area contributed by atoms with Crippen LogP contribution in [0.1, 0.15) is 56.5 Å². The minimum Gasteiger partial charge on any atom is -0.332 e. The second kappa shape index (κ2) is 4.35. The molecule has 1 unspecified atom stereocenters. The summed E-state index contributed by atoms with van der Waals surface area (Å²) in [4.78, 5) is 4.55. The summed E-state index contributed by atoms with van der Waals surface area (Å²) in [6.07, 6.45) is 5.71. The van der Waals surface area contributed by atoms with Gasteiger partial charge in [0.05, 0.1) is 0 Å². The molecule has 0 spiro atoms. The summed E-state index contributed by atoms with van der Waals surface area (Å²) in [5, 5.41) is 0. The van der Waals surface area contributed by atoms with Crippen LogP contribution in [0.4, 0.5) is 0 Å². The number of rotatable bonds is 3. The lowest BCUT2D eigenvalue weighted by atomic mass is 9.93. The number of nitrogens with two attached hydrogens (primary N) is 1. The predicted octanol–water partition coefficient (Wildman–Crippen LogP) is 2.23. The Bertz CT molecular complexity index is 328. The average molecular weight is 207 g/mol. The number of aromatic nitrogens is 2. The smallest absolute Gasteiger partial charge is 0.111 e. The first-order chi connectivity index (χ1) is 7.24. The molecule has 84 valence electrons. The van der Waals surface area contributed by atoms with Crippen molar-refractivity contribution in [1.29, 1.82) is 0 Å². The molecule has 0 amide bonds. The summed E-state index contributed by atoms with van der Waals surface area (Å²) < 4.78 is 2.41. The monoisotopic (exact) mass is 207 g/mol. The van der Waals surface area contributed by atoms with E-state index in [9.17, 15) is 0 Å². The number of fused-ring (bicyclic) bond motifs is 1. The standard InChI is InChI=1S/C12H21N3/c1-9(2)12-14-8-11-10(5-6-13)4-3-7-15(11)12/h8-10H,3-7,13H2,1-2H3. The van der Waals surface area contributed by atoms with Gasteiger partial charge in [0.25, 0.3) is 0 Å². The van der Waals surface area contributed by atoms with Gasteiger partial charge in [-0.2, -0.15) is 0 Å². The number of hydrogen-bond donors (Lipinski definition) is 1. The van der Waals surface area contributed by atoms with Crippen molar-refractivity contribution < 1.29 is 0 Å². The van der Waals surface area contributed by atoms with Crippen molar-refractivity contribution in [3.05, 3.63) is 17.7 Å². The average Bonchev–Trinajstić information content (AvgIpc) is 2.62. The van der Waals surface area contributed by atoms with Gasteiger partial charge in [-0.25, -0.2) is 4.98 Å². The predicted molar refractivity (Wildman–Crippen MR) is 62.0 cm³/mol. The second-order valence-electron chi connectivity index (χ2n) is 4.76. The second-order valence-corrected chi connectivity index (χ2v) is 4.76. The van der Waals surface area contributed by atoms with E-state index in [1.54, 1.807) is 0 Å². The first-order valence-corrected chi connectivity index (χ1v) is 5.99. The van der Waals surface area contributed by atoms with E-state index in [0.717, 1.165) is 19.5 Å². The van der Waals surface area contributed by atoms with Crippen molar-refractivity contribution in [3.8, 4) is 0 Å². The summed E-state index contributed by atoms with van der Waals surface area (Å²) in [5.74, 6) is 2.41. The van der Waals surface area contributed by atoms with E-state index in [1.807, 2.05) is 0 Å². The van der Waals surface area contributed by atoms with E-state index in [0.29, 0.717) is 11.8 Å². The van der Waals surface area contributed by atoms with Crippen molar-refractivity contribution in [3.63, 3.8) is 0 Å². The molecule has 1 aliphatic heterocycles. The summed E-state index contributed by atoms with van der Waals surface area (Å²) >= 11 is 0. The van der Waals surface area contributed by atoms with E-state index in [-0.39, 0.29) is 0 Å². The first-order valence-electron chi connectivity index (χ1n) is 5.99. The molecular formula is C12H21N3. The molecule has 1 aliphatic rings. The topological polar surface area (TPSA) is 43.8 Å². The Balaban J connectivity index is 2.29. The van der Waals surface area contributed by atoms with Crippen LogP contribution in [0.2, 0.25) is 0 Å².